The lowest BCUT2D eigenvalue weighted by molar-refractivity contribution is 0.0176. The van der Waals surface area contributed by atoms with Gasteiger partial charge in [0.15, 0.2) is 5.82 Å². The largest absolute Gasteiger partial charge is 0.381 e. The van der Waals surface area contributed by atoms with Gasteiger partial charge in [0.2, 0.25) is 5.89 Å². The van der Waals surface area contributed by atoms with Gasteiger partial charge in [-0.2, -0.15) is 4.98 Å². The van der Waals surface area contributed by atoms with Crippen molar-refractivity contribution in [2.45, 2.75) is 38.3 Å². The number of rotatable bonds is 5. The highest BCUT2D eigenvalue weighted by Gasteiger charge is 2.28. The molecule has 0 unspecified atom stereocenters. The zero-order valence-corrected chi connectivity index (χ0v) is 9.19. The Kier molecular flexibility index (Phi) is 3.33. The molecule has 1 aliphatic rings. The van der Waals surface area contributed by atoms with E-state index in [1.807, 2.05) is 6.92 Å². The van der Waals surface area contributed by atoms with E-state index < -0.39 is 0 Å². The molecule has 5 nitrogen and oxygen atoms in total. The normalized spacial score (nSPS) is 25.2. The minimum Gasteiger partial charge on any atom is -0.381 e. The topological polar surface area (TPSA) is 60.2 Å². The van der Waals surface area contributed by atoms with E-state index in [1.165, 1.54) is 0 Å². The molecule has 0 spiro atoms. The summed E-state index contributed by atoms with van der Waals surface area (Å²) in [6.45, 7) is 2.72. The molecule has 1 aromatic heterocycles. The zero-order valence-electron chi connectivity index (χ0n) is 9.19. The molecule has 15 heavy (non-hydrogen) atoms. The molecule has 5 heteroatoms. The Morgan fingerprint density at radius 3 is 2.93 bits per heavy atom. The van der Waals surface area contributed by atoms with E-state index in [2.05, 4.69) is 15.5 Å². The summed E-state index contributed by atoms with van der Waals surface area (Å²) < 4.78 is 10.2. The Morgan fingerprint density at radius 1 is 1.53 bits per heavy atom. The number of ether oxygens (including phenoxy) is 1. The van der Waals surface area contributed by atoms with Crippen molar-refractivity contribution in [3.05, 3.63) is 11.7 Å². The first-order chi connectivity index (χ1) is 7.28. The fourth-order valence-corrected chi connectivity index (χ4v) is 1.75. The number of methoxy groups -OCH3 is 1. The molecule has 1 saturated carbocycles. The molecule has 0 saturated heterocycles. The van der Waals surface area contributed by atoms with Crippen LogP contribution in [0, 0.1) is 6.92 Å². The number of aryl methyl sites for hydroxylation is 1. The maximum absolute atomic E-state index is 5.20. The quantitative estimate of drug-likeness (QED) is 0.776. The van der Waals surface area contributed by atoms with Crippen molar-refractivity contribution < 1.29 is 9.26 Å². The van der Waals surface area contributed by atoms with Crippen LogP contribution in [0.2, 0.25) is 0 Å². The van der Waals surface area contributed by atoms with Gasteiger partial charge in [-0.3, -0.25) is 0 Å². The van der Waals surface area contributed by atoms with E-state index in [9.17, 15) is 0 Å². The Bertz CT molecular complexity index is 307. The van der Waals surface area contributed by atoms with E-state index in [4.69, 9.17) is 9.26 Å². The lowest BCUT2D eigenvalue weighted by Crippen LogP contribution is -2.45. The van der Waals surface area contributed by atoms with Crippen LogP contribution in [0.3, 0.4) is 0 Å². The molecule has 0 aromatic carbocycles. The number of nitrogens with one attached hydrogen (secondary N) is 1. The van der Waals surface area contributed by atoms with Crippen molar-refractivity contribution >= 4 is 0 Å². The molecular weight excluding hydrogens is 194 g/mol. The van der Waals surface area contributed by atoms with Crippen molar-refractivity contribution in [1.82, 2.24) is 15.5 Å². The van der Waals surface area contributed by atoms with E-state index in [1.54, 1.807) is 7.11 Å². The maximum atomic E-state index is 5.20. The summed E-state index contributed by atoms with van der Waals surface area (Å²) in [6, 6.07) is 0.596. The van der Waals surface area contributed by atoms with Crippen LogP contribution in [0.1, 0.15) is 24.6 Å². The van der Waals surface area contributed by atoms with Gasteiger partial charge in [0, 0.05) is 26.1 Å². The monoisotopic (exact) mass is 211 g/mol. The highest BCUT2D eigenvalue weighted by molar-refractivity contribution is 4.88. The third kappa shape index (κ3) is 2.76. The van der Waals surface area contributed by atoms with Crippen LogP contribution in [0.4, 0.5) is 0 Å². The Hall–Kier alpha value is -0.940. The van der Waals surface area contributed by atoms with E-state index in [0.717, 1.165) is 25.8 Å². The second-order valence-corrected chi connectivity index (χ2v) is 3.97. The molecule has 1 aliphatic carbocycles. The molecule has 0 aliphatic heterocycles. The fourth-order valence-electron chi connectivity index (χ4n) is 1.75. The lowest BCUT2D eigenvalue weighted by atomic mass is 9.89. The van der Waals surface area contributed by atoms with Crippen molar-refractivity contribution in [2.75, 3.05) is 13.7 Å². The van der Waals surface area contributed by atoms with Gasteiger partial charge < -0.3 is 14.6 Å². The minimum atomic E-state index is 0.452. The van der Waals surface area contributed by atoms with Crippen LogP contribution in [-0.4, -0.2) is 35.9 Å². The fraction of sp³-hybridized carbons (Fsp3) is 0.800. The summed E-state index contributed by atoms with van der Waals surface area (Å²) in [5.41, 5.74) is 0. The summed E-state index contributed by atoms with van der Waals surface area (Å²) in [6.07, 6.45) is 3.47. The Balaban J connectivity index is 1.60. The number of nitrogens with zero attached hydrogens (tertiary/aromatic N) is 2. The van der Waals surface area contributed by atoms with Crippen molar-refractivity contribution in [1.29, 1.82) is 0 Å². The standard InChI is InChI=1S/C10H17N3O2/c1-7-12-10(15-13-7)3-4-11-8-5-9(6-8)14-2/h8-9,11H,3-6H2,1-2H3. The smallest absolute Gasteiger partial charge is 0.227 e. The van der Waals surface area contributed by atoms with Crippen molar-refractivity contribution in [2.24, 2.45) is 0 Å². The van der Waals surface area contributed by atoms with E-state index >= 15 is 0 Å². The SMILES string of the molecule is COC1CC(NCCc2nc(C)no2)C1. The molecule has 1 fully saturated rings. The van der Waals surface area contributed by atoms with Gasteiger partial charge in [0.25, 0.3) is 0 Å². The number of hydrogen-bond donors (Lipinski definition) is 1. The van der Waals surface area contributed by atoms with E-state index in [-0.39, 0.29) is 0 Å². The van der Waals surface area contributed by atoms with Crippen molar-refractivity contribution in [3.63, 3.8) is 0 Å². The highest BCUT2D eigenvalue weighted by atomic mass is 16.5. The van der Waals surface area contributed by atoms with Gasteiger partial charge in [-0.05, 0) is 19.8 Å². The summed E-state index contributed by atoms with van der Waals surface area (Å²) in [7, 11) is 1.77. The molecule has 1 aromatic rings. The van der Waals surface area contributed by atoms with Crippen LogP contribution in [0.15, 0.2) is 4.52 Å². The Morgan fingerprint density at radius 2 is 2.33 bits per heavy atom. The Labute approximate surface area is 89.2 Å². The van der Waals surface area contributed by atoms with Crippen LogP contribution in [-0.2, 0) is 11.2 Å². The average Bonchev–Trinajstić information content (AvgIpc) is 2.55. The third-order valence-electron chi connectivity index (χ3n) is 2.77. The summed E-state index contributed by atoms with van der Waals surface area (Å²) in [4.78, 5) is 4.14. The molecule has 0 radical (unpaired) electrons. The molecule has 0 atom stereocenters. The van der Waals surface area contributed by atoms with Gasteiger partial charge in [0.05, 0.1) is 6.10 Å². The molecule has 1 N–H and O–H groups in total. The first kappa shape index (κ1) is 10.6. The second kappa shape index (κ2) is 4.72. The van der Waals surface area contributed by atoms with Gasteiger partial charge in [-0.15, -0.1) is 0 Å². The highest BCUT2D eigenvalue weighted by Crippen LogP contribution is 2.22. The number of aromatic nitrogens is 2. The van der Waals surface area contributed by atoms with Gasteiger partial charge in [-0.25, -0.2) is 0 Å². The van der Waals surface area contributed by atoms with Gasteiger partial charge >= 0.3 is 0 Å². The second-order valence-electron chi connectivity index (χ2n) is 3.97. The van der Waals surface area contributed by atoms with Gasteiger partial charge in [-0.1, -0.05) is 5.16 Å². The van der Waals surface area contributed by atoms with Crippen LogP contribution >= 0.6 is 0 Å². The van der Waals surface area contributed by atoms with Crippen LogP contribution in [0.5, 0.6) is 0 Å². The summed E-state index contributed by atoms with van der Waals surface area (Å²) in [5, 5.41) is 7.17. The molecule has 2 rings (SSSR count). The zero-order chi connectivity index (χ0) is 10.7. The van der Waals surface area contributed by atoms with Crippen LogP contribution in [0.25, 0.3) is 0 Å². The summed E-state index contributed by atoms with van der Waals surface area (Å²) in [5.74, 6) is 1.41. The molecule has 1 heterocycles. The predicted molar refractivity (Wildman–Crippen MR) is 54.6 cm³/mol. The summed E-state index contributed by atoms with van der Waals surface area (Å²) >= 11 is 0. The molecule has 84 valence electrons. The first-order valence-electron chi connectivity index (χ1n) is 5.33. The molecule has 0 amide bonds. The van der Waals surface area contributed by atoms with Crippen molar-refractivity contribution in [3.8, 4) is 0 Å². The average molecular weight is 211 g/mol. The van der Waals surface area contributed by atoms with Crippen LogP contribution < -0.4 is 5.32 Å². The third-order valence-corrected chi connectivity index (χ3v) is 2.77. The van der Waals surface area contributed by atoms with E-state index in [0.29, 0.717) is 23.9 Å². The lowest BCUT2D eigenvalue weighted by Gasteiger charge is -2.34. The number of hydrogen-bond acceptors (Lipinski definition) is 5. The molecular formula is C10H17N3O2. The van der Waals surface area contributed by atoms with Gasteiger partial charge in [0.1, 0.15) is 0 Å². The maximum Gasteiger partial charge on any atom is 0.227 e. The predicted octanol–water partition coefficient (Wildman–Crippen LogP) is 0.688. The minimum absolute atomic E-state index is 0.452. The molecule has 0 bridgehead atoms. The first-order valence-corrected chi connectivity index (χ1v) is 5.33.